The molecule has 0 unspecified atom stereocenters. The number of carbonyl (C=O) groups excluding carboxylic acids is 1. The minimum atomic E-state index is -0.384. The molecule has 1 aromatic rings. The van der Waals surface area contributed by atoms with Crippen LogP contribution in [0.5, 0.6) is 5.75 Å². The van der Waals surface area contributed by atoms with E-state index < -0.39 is 0 Å². The normalized spacial score (nSPS) is 21.1. The van der Waals surface area contributed by atoms with Crippen LogP contribution in [0.2, 0.25) is 0 Å². The van der Waals surface area contributed by atoms with Crippen molar-refractivity contribution in [2.45, 2.75) is 39.5 Å². The van der Waals surface area contributed by atoms with Gasteiger partial charge in [0.2, 0.25) is 5.91 Å². The first kappa shape index (κ1) is 19.7. The van der Waals surface area contributed by atoms with E-state index in [9.17, 15) is 9.18 Å². The van der Waals surface area contributed by atoms with E-state index in [4.69, 9.17) is 4.74 Å². The van der Waals surface area contributed by atoms with Gasteiger partial charge >= 0.3 is 0 Å². The molecule has 1 fully saturated rings. The molecular formula is C20H31FN2O2. The van der Waals surface area contributed by atoms with Gasteiger partial charge in [0.1, 0.15) is 0 Å². The fourth-order valence-electron chi connectivity index (χ4n) is 3.72. The van der Waals surface area contributed by atoms with E-state index >= 15 is 0 Å². The SMILES string of the molecule is COc1ccc(CCC(=O)NCCCN2C[C@H](C)C[C@@H](C)C2)cc1F. The molecule has 0 bridgehead atoms. The molecule has 1 aromatic carbocycles. The molecule has 0 aromatic heterocycles. The maximum Gasteiger partial charge on any atom is 0.220 e. The number of piperidine rings is 1. The van der Waals surface area contributed by atoms with Crippen molar-refractivity contribution in [2.75, 3.05) is 33.3 Å². The van der Waals surface area contributed by atoms with Crippen LogP contribution in [0.3, 0.4) is 0 Å². The summed E-state index contributed by atoms with van der Waals surface area (Å²) in [5, 5.41) is 2.97. The molecule has 4 nitrogen and oxygen atoms in total. The average Bonchev–Trinajstić information content (AvgIpc) is 2.56. The molecule has 0 radical (unpaired) electrons. The number of likely N-dealkylation sites (tertiary alicyclic amines) is 1. The molecule has 0 spiro atoms. The van der Waals surface area contributed by atoms with Crippen molar-refractivity contribution in [3.63, 3.8) is 0 Å². The zero-order chi connectivity index (χ0) is 18.2. The van der Waals surface area contributed by atoms with Crippen molar-refractivity contribution >= 4 is 5.91 Å². The van der Waals surface area contributed by atoms with Gasteiger partial charge in [0.05, 0.1) is 7.11 Å². The molecule has 0 aliphatic carbocycles. The lowest BCUT2D eigenvalue weighted by Gasteiger charge is -2.34. The molecule has 1 N–H and O–H groups in total. The molecule has 2 atom stereocenters. The minimum absolute atomic E-state index is 0.0246. The highest BCUT2D eigenvalue weighted by molar-refractivity contribution is 5.76. The van der Waals surface area contributed by atoms with Gasteiger partial charge in [-0.25, -0.2) is 4.39 Å². The fourth-order valence-corrected chi connectivity index (χ4v) is 3.72. The van der Waals surface area contributed by atoms with E-state index in [1.165, 1.54) is 32.7 Å². The highest BCUT2D eigenvalue weighted by atomic mass is 19.1. The Hall–Kier alpha value is -1.62. The number of nitrogens with one attached hydrogen (secondary N) is 1. The molecule has 0 saturated carbocycles. The third kappa shape index (κ3) is 6.65. The van der Waals surface area contributed by atoms with Crippen molar-refractivity contribution in [2.24, 2.45) is 11.8 Å². The molecule has 5 heteroatoms. The second-order valence-electron chi connectivity index (χ2n) is 7.38. The van der Waals surface area contributed by atoms with Crippen LogP contribution in [-0.4, -0.2) is 44.1 Å². The summed E-state index contributed by atoms with van der Waals surface area (Å²) in [6.07, 6.45) is 3.21. The largest absolute Gasteiger partial charge is 0.494 e. The monoisotopic (exact) mass is 350 g/mol. The summed E-state index contributed by atoms with van der Waals surface area (Å²) in [5.74, 6) is 1.41. The lowest BCUT2D eigenvalue weighted by molar-refractivity contribution is -0.121. The number of benzene rings is 1. The van der Waals surface area contributed by atoms with Crippen LogP contribution in [0.15, 0.2) is 18.2 Å². The van der Waals surface area contributed by atoms with Crippen molar-refractivity contribution in [1.82, 2.24) is 10.2 Å². The second kappa shape index (κ2) is 9.76. The second-order valence-corrected chi connectivity index (χ2v) is 7.38. The maximum absolute atomic E-state index is 13.6. The lowest BCUT2D eigenvalue weighted by Crippen LogP contribution is -2.40. The third-order valence-electron chi connectivity index (χ3n) is 4.77. The molecule has 1 aliphatic rings. The van der Waals surface area contributed by atoms with Crippen molar-refractivity contribution in [1.29, 1.82) is 0 Å². The molecule has 1 saturated heterocycles. The van der Waals surface area contributed by atoms with E-state index in [1.807, 2.05) is 0 Å². The van der Waals surface area contributed by atoms with Gasteiger partial charge in [0.15, 0.2) is 11.6 Å². The van der Waals surface area contributed by atoms with E-state index in [1.54, 1.807) is 12.1 Å². The van der Waals surface area contributed by atoms with Crippen LogP contribution in [0, 0.1) is 17.7 Å². The van der Waals surface area contributed by atoms with Crippen molar-refractivity contribution in [3.05, 3.63) is 29.6 Å². The summed E-state index contributed by atoms with van der Waals surface area (Å²) in [4.78, 5) is 14.4. The third-order valence-corrected chi connectivity index (χ3v) is 4.77. The number of carbonyl (C=O) groups is 1. The average molecular weight is 350 g/mol. The number of halogens is 1. The molecule has 2 rings (SSSR count). The topological polar surface area (TPSA) is 41.6 Å². The Bertz CT molecular complexity index is 555. The van der Waals surface area contributed by atoms with Gasteiger partial charge in [-0.2, -0.15) is 0 Å². The van der Waals surface area contributed by atoms with Crippen molar-refractivity contribution < 1.29 is 13.9 Å². The highest BCUT2D eigenvalue weighted by Gasteiger charge is 2.21. The number of methoxy groups -OCH3 is 1. The Morgan fingerprint density at radius 2 is 2.04 bits per heavy atom. The lowest BCUT2D eigenvalue weighted by atomic mass is 9.92. The number of nitrogens with zero attached hydrogens (tertiary/aromatic N) is 1. The summed E-state index contributed by atoms with van der Waals surface area (Å²) in [6, 6.07) is 4.84. The van der Waals surface area contributed by atoms with Crippen LogP contribution in [0.4, 0.5) is 4.39 Å². The molecule has 25 heavy (non-hydrogen) atoms. The Kier molecular flexibility index (Phi) is 7.69. The minimum Gasteiger partial charge on any atom is -0.494 e. The Morgan fingerprint density at radius 1 is 1.32 bits per heavy atom. The quantitative estimate of drug-likeness (QED) is 0.732. The first-order chi connectivity index (χ1) is 12.0. The van der Waals surface area contributed by atoms with Gasteiger partial charge in [-0.05, 0) is 55.3 Å². The number of hydrogen-bond acceptors (Lipinski definition) is 3. The van der Waals surface area contributed by atoms with Gasteiger partial charge in [-0.3, -0.25) is 4.79 Å². The molecular weight excluding hydrogens is 319 g/mol. The number of aryl methyl sites for hydroxylation is 1. The Labute approximate surface area is 150 Å². The fraction of sp³-hybridized carbons (Fsp3) is 0.650. The molecule has 1 heterocycles. The Balaban J connectivity index is 1.62. The number of rotatable bonds is 8. The zero-order valence-corrected chi connectivity index (χ0v) is 15.7. The van der Waals surface area contributed by atoms with Gasteiger partial charge in [-0.1, -0.05) is 19.9 Å². The number of hydrogen-bond donors (Lipinski definition) is 1. The predicted molar refractivity (Wildman–Crippen MR) is 98.3 cm³/mol. The predicted octanol–water partition coefficient (Wildman–Crippen LogP) is 3.25. The smallest absolute Gasteiger partial charge is 0.220 e. The van der Waals surface area contributed by atoms with Gasteiger partial charge < -0.3 is 15.0 Å². The van der Waals surface area contributed by atoms with Crippen LogP contribution in [0.1, 0.15) is 38.7 Å². The summed E-state index contributed by atoms with van der Waals surface area (Å²) >= 11 is 0. The molecule has 1 aliphatic heterocycles. The van der Waals surface area contributed by atoms with Crippen LogP contribution in [0.25, 0.3) is 0 Å². The summed E-state index contributed by atoms with van der Waals surface area (Å²) in [7, 11) is 1.44. The first-order valence-corrected chi connectivity index (χ1v) is 9.29. The van der Waals surface area contributed by atoms with E-state index in [2.05, 4.69) is 24.1 Å². The van der Waals surface area contributed by atoms with Crippen LogP contribution in [-0.2, 0) is 11.2 Å². The van der Waals surface area contributed by atoms with Crippen LogP contribution >= 0.6 is 0 Å². The van der Waals surface area contributed by atoms with Crippen LogP contribution < -0.4 is 10.1 Å². The summed E-state index contributed by atoms with van der Waals surface area (Å²) < 4.78 is 18.5. The maximum atomic E-state index is 13.6. The van der Waals surface area contributed by atoms with E-state index in [0.717, 1.165) is 30.4 Å². The zero-order valence-electron chi connectivity index (χ0n) is 15.7. The summed E-state index contributed by atoms with van der Waals surface area (Å²) in [5.41, 5.74) is 0.810. The highest BCUT2D eigenvalue weighted by Crippen LogP contribution is 2.21. The number of amides is 1. The standard InChI is InChI=1S/C20H31FN2O2/c1-15-11-16(2)14-23(13-15)10-4-9-22-20(24)8-6-17-5-7-19(25-3)18(21)12-17/h5,7,12,15-16H,4,6,8-11,13-14H2,1-3H3,(H,22,24)/t15-,16-/m1/s1. The summed E-state index contributed by atoms with van der Waals surface area (Å²) in [6.45, 7) is 8.70. The molecule has 140 valence electrons. The van der Waals surface area contributed by atoms with Crippen molar-refractivity contribution in [3.8, 4) is 5.75 Å². The van der Waals surface area contributed by atoms with E-state index in [0.29, 0.717) is 19.4 Å². The molecule has 1 amide bonds. The van der Waals surface area contributed by atoms with E-state index in [-0.39, 0.29) is 17.5 Å². The Morgan fingerprint density at radius 3 is 2.68 bits per heavy atom. The van der Waals surface area contributed by atoms with Gasteiger partial charge in [-0.15, -0.1) is 0 Å². The number of ether oxygens (including phenoxy) is 1. The van der Waals surface area contributed by atoms with Gasteiger partial charge in [0, 0.05) is 26.1 Å². The first-order valence-electron chi connectivity index (χ1n) is 9.29. The van der Waals surface area contributed by atoms with Gasteiger partial charge in [0.25, 0.3) is 0 Å².